The molecule has 4 nitrogen and oxygen atoms in total. The summed E-state index contributed by atoms with van der Waals surface area (Å²) in [5, 5.41) is 12.0. The third-order valence-corrected chi connectivity index (χ3v) is 2.06. The average Bonchev–Trinajstić information content (AvgIpc) is 2.15. The number of pyridine rings is 1. The van der Waals surface area contributed by atoms with Crippen molar-refractivity contribution in [1.29, 1.82) is 0 Å². The lowest BCUT2D eigenvalue weighted by molar-refractivity contribution is 0.266. The molecule has 4 N–H and O–H groups in total. The van der Waals surface area contributed by atoms with Crippen LogP contribution in [0.15, 0.2) is 18.3 Å². The zero-order chi connectivity index (χ0) is 10.4. The van der Waals surface area contributed by atoms with Crippen LogP contribution in [0.25, 0.3) is 0 Å². The Morgan fingerprint density at radius 2 is 2.43 bits per heavy atom. The van der Waals surface area contributed by atoms with Gasteiger partial charge in [0.25, 0.3) is 0 Å². The van der Waals surface area contributed by atoms with E-state index < -0.39 is 0 Å². The minimum Gasteiger partial charge on any atom is -0.396 e. The van der Waals surface area contributed by atoms with Crippen molar-refractivity contribution in [3.63, 3.8) is 0 Å². The third-order valence-electron chi connectivity index (χ3n) is 2.06. The van der Waals surface area contributed by atoms with Crippen molar-refractivity contribution in [3.05, 3.63) is 18.3 Å². The molecule has 1 aromatic heterocycles. The number of nitrogens with two attached hydrogens (primary N) is 1. The highest BCUT2D eigenvalue weighted by Crippen LogP contribution is 2.10. The Bertz CT molecular complexity index is 278. The first-order chi connectivity index (χ1) is 6.72. The molecule has 1 atom stereocenters. The van der Waals surface area contributed by atoms with Crippen LogP contribution in [-0.4, -0.2) is 23.2 Å². The van der Waals surface area contributed by atoms with Crippen molar-refractivity contribution in [3.8, 4) is 0 Å². The molecule has 0 aromatic carbocycles. The van der Waals surface area contributed by atoms with E-state index in [4.69, 9.17) is 10.8 Å². The van der Waals surface area contributed by atoms with Gasteiger partial charge in [0.1, 0.15) is 5.82 Å². The minimum atomic E-state index is 0.237. The number of aromatic nitrogens is 1. The average molecular weight is 195 g/mol. The summed E-state index contributed by atoms with van der Waals surface area (Å²) < 4.78 is 0. The van der Waals surface area contributed by atoms with E-state index in [0.717, 1.165) is 18.7 Å². The van der Waals surface area contributed by atoms with Gasteiger partial charge in [0, 0.05) is 31.1 Å². The number of rotatable bonds is 5. The molecule has 0 fully saturated rings. The second-order valence-electron chi connectivity index (χ2n) is 3.47. The molecule has 0 aliphatic carbocycles. The van der Waals surface area contributed by atoms with Crippen LogP contribution >= 0.6 is 0 Å². The molecule has 0 saturated heterocycles. The van der Waals surface area contributed by atoms with Crippen molar-refractivity contribution in [1.82, 2.24) is 4.98 Å². The Morgan fingerprint density at radius 1 is 1.64 bits per heavy atom. The molecule has 1 unspecified atom stereocenters. The number of nitrogens with zero attached hydrogens (tertiary/aromatic N) is 1. The SMILES string of the molecule is CC(CCO)CNc1ccnc(N)c1. The summed E-state index contributed by atoms with van der Waals surface area (Å²) in [5.41, 5.74) is 6.51. The fraction of sp³-hybridized carbons (Fsp3) is 0.500. The Morgan fingerprint density at radius 3 is 3.07 bits per heavy atom. The molecule has 78 valence electrons. The summed E-state index contributed by atoms with van der Waals surface area (Å²) >= 11 is 0. The molecule has 0 bridgehead atoms. The van der Waals surface area contributed by atoms with Gasteiger partial charge in [-0.3, -0.25) is 0 Å². The third kappa shape index (κ3) is 3.62. The maximum atomic E-state index is 8.72. The Labute approximate surface area is 84.2 Å². The molecule has 0 spiro atoms. The molecule has 4 heteroatoms. The van der Waals surface area contributed by atoms with E-state index in [1.54, 1.807) is 12.3 Å². The fourth-order valence-electron chi connectivity index (χ4n) is 1.17. The molecular formula is C10H17N3O. The Balaban J connectivity index is 2.37. The normalized spacial score (nSPS) is 12.4. The predicted octanol–water partition coefficient (Wildman–Crippen LogP) is 1.09. The van der Waals surface area contributed by atoms with Gasteiger partial charge in [0.2, 0.25) is 0 Å². The molecule has 0 radical (unpaired) electrons. The highest BCUT2D eigenvalue weighted by molar-refractivity contribution is 5.49. The predicted molar refractivity (Wildman–Crippen MR) is 58.0 cm³/mol. The Hall–Kier alpha value is -1.29. The highest BCUT2D eigenvalue weighted by Gasteiger charge is 2.00. The zero-order valence-electron chi connectivity index (χ0n) is 8.40. The van der Waals surface area contributed by atoms with Crippen LogP contribution in [0.2, 0.25) is 0 Å². The first-order valence-electron chi connectivity index (χ1n) is 4.78. The number of hydrogen-bond donors (Lipinski definition) is 3. The van der Waals surface area contributed by atoms with Crippen molar-refractivity contribution >= 4 is 11.5 Å². The largest absolute Gasteiger partial charge is 0.396 e. The second-order valence-corrected chi connectivity index (χ2v) is 3.47. The van der Waals surface area contributed by atoms with E-state index in [2.05, 4.69) is 17.2 Å². The Kier molecular flexibility index (Phi) is 4.19. The van der Waals surface area contributed by atoms with Gasteiger partial charge in [-0.15, -0.1) is 0 Å². The lowest BCUT2D eigenvalue weighted by atomic mass is 10.1. The van der Waals surface area contributed by atoms with Gasteiger partial charge in [-0.2, -0.15) is 0 Å². The van der Waals surface area contributed by atoms with E-state index in [0.29, 0.717) is 11.7 Å². The standard InChI is InChI=1S/C10H17N3O/c1-8(3-5-14)7-13-9-2-4-12-10(11)6-9/h2,4,6,8,14H,3,5,7H2,1H3,(H3,11,12,13). The van der Waals surface area contributed by atoms with E-state index >= 15 is 0 Å². The quantitative estimate of drug-likeness (QED) is 0.657. The monoisotopic (exact) mass is 195 g/mol. The smallest absolute Gasteiger partial charge is 0.125 e. The van der Waals surface area contributed by atoms with Crippen LogP contribution in [0.1, 0.15) is 13.3 Å². The van der Waals surface area contributed by atoms with E-state index in [-0.39, 0.29) is 6.61 Å². The number of nitrogen functional groups attached to an aromatic ring is 1. The van der Waals surface area contributed by atoms with Crippen molar-refractivity contribution in [2.75, 3.05) is 24.2 Å². The van der Waals surface area contributed by atoms with Crippen LogP contribution in [0, 0.1) is 5.92 Å². The lowest BCUT2D eigenvalue weighted by Crippen LogP contribution is -2.12. The molecule has 0 saturated carbocycles. The molecule has 14 heavy (non-hydrogen) atoms. The number of nitrogens with one attached hydrogen (secondary N) is 1. The lowest BCUT2D eigenvalue weighted by Gasteiger charge is -2.12. The van der Waals surface area contributed by atoms with Gasteiger partial charge >= 0.3 is 0 Å². The van der Waals surface area contributed by atoms with Crippen molar-refractivity contribution in [2.45, 2.75) is 13.3 Å². The molecule has 0 amide bonds. The van der Waals surface area contributed by atoms with Crippen LogP contribution in [0.4, 0.5) is 11.5 Å². The molecule has 1 aromatic rings. The molecular weight excluding hydrogens is 178 g/mol. The number of aliphatic hydroxyl groups excluding tert-OH is 1. The maximum Gasteiger partial charge on any atom is 0.125 e. The van der Waals surface area contributed by atoms with Gasteiger partial charge < -0.3 is 16.2 Å². The highest BCUT2D eigenvalue weighted by atomic mass is 16.3. The maximum absolute atomic E-state index is 8.72. The van der Waals surface area contributed by atoms with Crippen LogP contribution in [0.3, 0.4) is 0 Å². The summed E-state index contributed by atoms with van der Waals surface area (Å²) in [5.74, 6) is 0.971. The van der Waals surface area contributed by atoms with E-state index in [1.165, 1.54) is 0 Å². The molecule has 0 aliphatic heterocycles. The summed E-state index contributed by atoms with van der Waals surface area (Å²) in [6.07, 6.45) is 2.49. The first kappa shape index (κ1) is 10.8. The summed E-state index contributed by atoms with van der Waals surface area (Å²) in [6.45, 7) is 3.17. The topological polar surface area (TPSA) is 71.2 Å². The molecule has 1 heterocycles. The van der Waals surface area contributed by atoms with Gasteiger partial charge in [-0.1, -0.05) is 6.92 Å². The number of anilines is 2. The first-order valence-corrected chi connectivity index (χ1v) is 4.78. The van der Waals surface area contributed by atoms with Gasteiger partial charge in [-0.25, -0.2) is 4.98 Å². The van der Waals surface area contributed by atoms with Crippen molar-refractivity contribution < 1.29 is 5.11 Å². The summed E-state index contributed by atoms with van der Waals surface area (Å²) in [6, 6.07) is 3.67. The van der Waals surface area contributed by atoms with Crippen LogP contribution in [-0.2, 0) is 0 Å². The van der Waals surface area contributed by atoms with E-state index in [9.17, 15) is 0 Å². The second kappa shape index (κ2) is 5.44. The molecule has 0 aliphatic rings. The van der Waals surface area contributed by atoms with Crippen LogP contribution < -0.4 is 11.1 Å². The van der Waals surface area contributed by atoms with Gasteiger partial charge in [0.15, 0.2) is 0 Å². The number of aliphatic hydroxyl groups is 1. The van der Waals surface area contributed by atoms with Gasteiger partial charge in [-0.05, 0) is 18.4 Å². The van der Waals surface area contributed by atoms with Crippen LogP contribution in [0.5, 0.6) is 0 Å². The fourth-order valence-corrected chi connectivity index (χ4v) is 1.17. The van der Waals surface area contributed by atoms with Crippen molar-refractivity contribution in [2.24, 2.45) is 5.92 Å². The minimum absolute atomic E-state index is 0.237. The number of hydrogen-bond acceptors (Lipinski definition) is 4. The zero-order valence-corrected chi connectivity index (χ0v) is 8.40. The molecule has 1 rings (SSSR count). The van der Waals surface area contributed by atoms with Gasteiger partial charge in [0.05, 0.1) is 0 Å². The summed E-state index contributed by atoms with van der Waals surface area (Å²) in [7, 11) is 0. The summed E-state index contributed by atoms with van der Waals surface area (Å²) in [4.78, 5) is 3.90. The van der Waals surface area contributed by atoms with E-state index in [1.807, 2.05) is 6.07 Å².